The average molecular weight is 465 g/mol. The minimum atomic E-state index is -4.86. The maximum absolute atomic E-state index is 13.8. The summed E-state index contributed by atoms with van der Waals surface area (Å²) in [6.07, 6.45) is -4.18. The molecule has 0 aliphatic carbocycles. The molecule has 0 radical (unpaired) electrons. The molecule has 0 spiro atoms. The number of aryl methyl sites for hydroxylation is 1. The number of amides is 1. The Labute approximate surface area is 185 Å². The molecule has 2 N–H and O–H groups in total. The fourth-order valence-electron chi connectivity index (χ4n) is 4.21. The molecule has 33 heavy (non-hydrogen) atoms. The highest BCUT2D eigenvalue weighted by atomic mass is 19.4. The normalized spacial score (nSPS) is 18.0. The molecule has 2 heterocycles. The van der Waals surface area contributed by atoms with Gasteiger partial charge < -0.3 is 15.2 Å². The fraction of sp³-hybridized carbons (Fsp3) is 0.304. The van der Waals surface area contributed by atoms with Gasteiger partial charge in [-0.1, -0.05) is 12.1 Å². The van der Waals surface area contributed by atoms with Gasteiger partial charge in [-0.05, 0) is 43.7 Å². The van der Waals surface area contributed by atoms with Gasteiger partial charge in [-0.25, -0.2) is 8.78 Å². The first kappa shape index (κ1) is 22.8. The molecule has 10 heteroatoms. The molecule has 0 bridgehead atoms. The van der Waals surface area contributed by atoms with Crippen molar-refractivity contribution >= 4 is 28.2 Å². The third-order valence-corrected chi connectivity index (χ3v) is 5.78. The zero-order valence-electron chi connectivity index (χ0n) is 17.7. The number of pyridine rings is 1. The lowest BCUT2D eigenvalue weighted by atomic mass is 10.1. The van der Waals surface area contributed by atoms with Crippen LogP contribution in [0.3, 0.4) is 0 Å². The first-order valence-electron chi connectivity index (χ1n) is 10.2. The number of benzene rings is 2. The third-order valence-electron chi connectivity index (χ3n) is 5.78. The number of carbonyl (C=O) groups excluding carboxylic acids is 1. The second-order valence-electron chi connectivity index (χ2n) is 8.25. The van der Waals surface area contributed by atoms with Crippen molar-refractivity contribution in [2.24, 2.45) is 0 Å². The quantitative estimate of drug-likeness (QED) is 0.513. The minimum absolute atomic E-state index is 0.0239. The molecule has 1 fully saturated rings. The zero-order valence-corrected chi connectivity index (χ0v) is 17.7. The topological polar surface area (TPSA) is 65.2 Å². The molecule has 1 aliphatic rings. The van der Waals surface area contributed by atoms with E-state index in [0.29, 0.717) is 11.1 Å². The van der Waals surface area contributed by atoms with Crippen LogP contribution in [0.1, 0.15) is 34.8 Å². The smallest absolute Gasteiger partial charge is 0.363 e. The number of rotatable bonds is 3. The van der Waals surface area contributed by atoms with Crippen LogP contribution < -0.4 is 15.6 Å². The molecule has 4 rings (SSSR count). The molecule has 1 aliphatic heterocycles. The summed E-state index contributed by atoms with van der Waals surface area (Å²) in [5.74, 6) is -4.01. The van der Waals surface area contributed by atoms with Crippen molar-refractivity contribution in [3.05, 3.63) is 69.5 Å². The van der Waals surface area contributed by atoms with Crippen molar-refractivity contribution in [1.82, 2.24) is 4.98 Å². The largest absolute Gasteiger partial charge is 0.418 e. The van der Waals surface area contributed by atoms with Crippen LogP contribution in [-0.4, -0.2) is 29.4 Å². The predicted molar refractivity (Wildman–Crippen MR) is 115 cm³/mol. The highest BCUT2D eigenvalue weighted by Crippen LogP contribution is 2.41. The number of hydrogen-bond donors (Lipinski definition) is 2. The highest BCUT2D eigenvalue weighted by molar-refractivity contribution is 6.06. The van der Waals surface area contributed by atoms with Gasteiger partial charge in [0.15, 0.2) is 0 Å². The summed E-state index contributed by atoms with van der Waals surface area (Å²) in [5.41, 5.74) is -1.64. The van der Waals surface area contributed by atoms with Crippen molar-refractivity contribution in [3.8, 4) is 0 Å². The third kappa shape index (κ3) is 4.29. The second-order valence-corrected chi connectivity index (χ2v) is 8.25. The molecular formula is C23H20F5N3O2. The summed E-state index contributed by atoms with van der Waals surface area (Å²) >= 11 is 0. The summed E-state index contributed by atoms with van der Waals surface area (Å²) in [4.78, 5) is 29.6. The van der Waals surface area contributed by atoms with Crippen LogP contribution in [0, 0.1) is 6.92 Å². The molecule has 3 aromatic rings. The molecular weight excluding hydrogens is 445 g/mol. The molecule has 0 unspecified atom stereocenters. The highest BCUT2D eigenvalue weighted by Gasteiger charge is 2.44. The van der Waals surface area contributed by atoms with Gasteiger partial charge in [0.05, 0.1) is 17.8 Å². The Hall–Kier alpha value is -3.43. The van der Waals surface area contributed by atoms with E-state index < -0.39 is 53.7 Å². The monoisotopic (exact) mass is 465 g/mol. The fourth-order valence-corrected chi connectivity index (χ4v) is 4.21. The number of nitrogens with zero attached hydrogens (tertiary/aromatic N) is 1. The van der Waals surface area contributed by atoms with Gasteiger partial charge in [-0.2, -0.15) is 13.2 Å². The SMILES string of the molecule is Cc1cccc2[nH]cc(C(=O)Nc3ccc(N4CC(F)(F)C[C@H]4C)cc3C(F)(F)F)c(=O)c12. The number of nitrogens with one attached hydrogen (secondary N) is 2. The molecule has 1 saturated heterocycles. The molecule has 2 aromatic carbocycles. The zero-order chi connectivity index (χ0) is 24.1. The van der Waals surface area contributed by atoms with Gasteiger partial charge in [0, 0.05) is 35.2 Å². The Kier molecular flexibility index (Phi) is 5.42. The molecule has 1 amide bonds. The van der Waals surface area contributed by atoms with E-state index in [0.717, 1.165) is 18.3 Å². The van der Waals surface area contributed by atoms with Gasteiger partial charge in [0.1, 0.15) is 5.56 Å². The van der Waals surface area contributed by atoms with Gasteiger partial charge in [0.25, 0.3) is 11.8 Å². The van der Waals surface area contributed by atoms with Crippen molar-refractivity contribution in [2.45, 2.75) is 38.4 Å². The number of aromatic nitrogens is 1. The number of anilines is 2. The number of alkyl halides is 5. The summed E-state index contributed by atoms with van der Waals surface area (Å²) in [5, 5.41) is 2.42. The standard InChI is InChI=1S/C23H20F5N3O2/c1-12-4-3-5-18-19(12)20(32)15(10-29-18)21(33)30-17-7-6-14(8-16(17)23(26,27)28)31-11-22(24,25)9-13(31)2/h3-8,10,13H,9,11H2,1-2H3,(H,29,32)(H,30,33)/t13-/m1/s1. The van der Waals surface area contributed by atoms with E-state index >= 15 is 0 Å². The Morgan fingerprint density at radius 3 is 2.58 bits per heavy atom. The first-order chi connectivity index (χ1) is 15.4. The Morgan fingerprint density at radius 2 is 1.94 bits per heavy atom. The lowest BCUT2D eigenvalue weighted by Crippen LogP contribution is -2.29. The van der Waals surface area contributed by atoms with Crippen molar-refractivity contribution in [3.63, 3.8) is 0 Å². The Balaban J connectivity index is 1.70. The van der Waals surface area contributed by atoms with Gasteiger partial charge in [0.2, 0.25) is 5.43 Å². The van der Waals surface area contributed by atoms with Crippen LogP contribution in [0.15, 0.2) is 47.4 Å². The van der Waals surface area contributed by atoms with E-state index in [1.54, 1.807) is 25.1 Å². The number of fused-ring (bicyclic) bond motifs is 1. The summed E-state index contributed by atoms with van der Waals surface area (Å²) in [7, 11) is 0. The molecule has 5 nitrogen and oxygen atoms in total. The summed E-state index contributed by atoms with van der Waals surface area (Å²) < 4.78 is 68.8. The number of halogens is 5. The van der Waals surface area contributed by atoms with Crippen LogP contribution in [0.2, 0.25) is 0 Å². The average Bonchev–Trinajstić information content (AvgIpc) is 3.00. The Bertz CT molecular complexity index is 1300. The summed E-state index contributed by atoms with van der Waals surface area (Å²) in [6, 6.07) is 7.40. The maximum Gasteiger partial charge on any atom is 0.418 e. The van der Waals surface area contributed by atoms with E-state index in [9.17, 15) is 31.5 Å². The maximum atomic E-state index is 13.8. The van der Waals surface area contributed by atoms with Crippen molar-refractivity contribution < 1.29 is 26.7 Å². The first-order valence-corrected chi connectivity index (χ1v) is 10.2. The van der Waals surface area contributed by atoms with Crippen molar-refractivity contribution in [2.75, 3.05) is 16.8 Å². The van der Waals surface area contributed by atoms with Crippen LogP contribution in [0.5, 0.6) is 0 Å². The van der Waals surface area contributed by atoms with Crippen LogP contribution in [0.4, 0.5) is 33.3 Å². The van der Waals surface area contributed by atoms with Crippen LogP contribution >= 0.6 is 0 Å². The second kappa shape index (κ2) is 7.86. The number of hydrogen-bond acceptors (Lipinski definition) is 3. The van der Waals surface area contributed by atoms with Gasteiger partial charge in [-0.15, -0.1) is 0 Å². The van der Waals surface area contributed by atoms with Gasteiger partial charge in [-0.3, -0.25) is 9.59 Å². The Morgan fingerprint density at radius 1 is 1.21 bits per heavy atom. The van der Waals surface area contributed by atoms with E-state index in [1.165, 1.54) is 17.9 Å². The van der Waals surface area contributed by atoms with E-state index in [-0.39, 0.29) is 16.6 Å². The molecule has 1 aromatic heterocycles. The van der Waals surface area contributed by atoms with E-state index in [4.69, 9.17) is 0 Å². The van der Waals surface area contributed by atoms with Crippen molar-refractivity contribution in [1.29, 1.82) is 0 Å². The van der Waals surface area contributed by atoms with E-state index in [1.807, 2.05) is 0 Å². The summed E-state index contributed by atoms with van der Waals surface area (Å²) in [6.45, 7) is 2.50. The lowest BCUT2D eigenvalue weighted by molar-refractivity contribution is -0.136. The number of carbonyl (C=O) groups is 1. The number of aromatic amines is 1. The lowest BCUT2D eigenvalue weighted by Gasteiger charge is -2.25. The van der Waals surface area contributed by atoms with Gasteiger partial charge >= 0.3 is 6.18 Å². The van der Waals surface area contributed by atoms with Crippen LogP contribution in [-0.2, 0) is 6.18 Å². The molecule has 174 valence electrons. The molecule has 0 saturated carbocycles. The van der Waals surface area contributed by atoms with E-state index in [2.05, 4.69) is 10.3 Å². The predicted octanol–water partition coefficient (Wildman–Crippen LogP) is 5.34. The minimum Gasteiger partial charge on any atom is -0.363 e. The van der Waals surface area contributed by atoms with Crippen LogP contribution in [0.25, 0.3) is 10.9 Å². The molecule has 1 atom stereocenters. The number of H-pyrrole nitrogens is 1.